The van der Waals surface area contributed by atoms with Crippen LogP contribution < -0.4 is 0 Å². The van der Waals surface area contributed by atoms with Gasteiger partial charge in [0, 0.05) is 0 Å². The fraction of sp³-hybridized carbons (Fsp3) is 1.00. The molecule has 0 aliphatic carbocycles. The summed E-state index contributed by atoms with van der Waals surface area (Å²) in [5.74, 6) is -4.19. The average Bonchev–Trinajstić information content (AvgIpc) is 2.85. The Kier molecular flexibility index (Phi) is 22.4. The van der Waals surface area contributed by atoms with Crippen molar-refractivity contribution in [3.63, 3.8) is 0 Å². The molecule has 13 heteroatoms. The average molecular weight is 646 g/mol. The first-order valence-corrected chi connectivity index (χ1v) is 17.5. The van der Waals surface area contributed by atoms with E-state index in [1.54, 1.807) is 0 Å². The van der Waals surface area contributed by atoms with Gasteiger partial charge in [-0.1, -0.05) is 0 Å². The molecule has 0 aromatic heterocycles. The van der Waals surface area contributed by atoms with Crippen molar-refractivity contribution in [3.05, 3.63) is 0 Å². The molecule has 0 saturated heterocycles. The van der Waals surface area contributed by atoms with Crippen molar-refractivity contribution < 1.29 is 51.2 Å². The Balaban J connectivity index is 5.88. The van der Waals surface area contributed by atoms with Crippen molar-refractivity contribution in [2.75, 3.05) is 79.3 Å². The van der Waals surface area contributed by atoms with Crippen LogP contribution in [-0.4, -0.2) is 120 Å². The molecule has 0 atom stereocenters. The first-order valence-electron chi connectivity index (χ1n) is 13.4. The molecule has 0 aromatic rings. The first kappa shape index (κ1) is 37.4. The quantitative estimate of drug-likeness (QED) is 0.122. The molecule has 0 radical (unpaired) electrons. The minimum absolute atomic E-state index is 0.0704. The maximum atomic E-state index is 6.18. The number of hydrogen-bond donors (Lipinski definition) is 0. The zero-order chi connectivity index (χ0) is 28.0. The molecule has 12 nitrogen and oxygen atoms in total. The summed E-state index contributed by atoms with van der Waals surface area (Å²) >= 11 is -3.85. The molecule has 0 aromatic carbocycles. The summed E-state index contributed by atoms with van der Waals surface area (Å²) in [6.45, 7) is 19.6. The zero-order valence-electron chi connectivity index (χ0n) is 24.5. The predicted molar refractivity (Wildman–Crippen MR) is 136 cm³/mol. The van der Waals surface area contributed by atoms with Gasteiger partial charge in [-0.3, -0.25) is 0 Å². The van der Waals surface area contributed by atoms with Crippen LogP contribution in [0, 0.1) is 0 Å². The van der Waals surface area contributed by atoms with Gasteiger partial charge in [0.05, 0.1) is 0 Å². The van der Waals surface area contributed by atoms with Gasteiger partial charge in [-0.25, -0.2) is 0 Å². The second-order valence-electron chi connectivity index (χ2n) is 7.17. The van der Waals surface area contributed by atoms with E-state index in [2.05, 4.69) is 0 Å². The third-order valence-corrected chi connectivity index (χ3v) is 8.22. The van der Waals surface area contributed by atoms with E-state index in [-0.39, 0.29) is 19.8 Å². The Morgan fingerprint density at radius 1 is 0.324 bits per heavy atom. The molecule has 0 fully saturated rings. The van der Waals surface area contributed by atoms with Crippen LogP contribution in [0.3, 0.4) is 0 Å². The van der Waals surface area contributed by atoms with Crippen LogP contribution in [0.15, 0.2) is 0 Å². The summed E-state index contributed by atoms with van der Waals surface area (Å²) < 4.78 is 70.6. The van der Waals surface area contributed by atoms with Crippen molar-refractivity contribution in [1.29, 1.82) is 0 Å². The molecule has 0 amide bonds. The summed E-state index contributed by atoms with van der Waals surface area (Å²) in [6, 6.07) is 0. The minimum atomic E-state index is -3.85. The van der Waals surface area contributed by atoms with Gasteiger partial charge in [0.15, 0.2) is 0 Å². The SMILES string of the molecule is CCOC(C[O][In]([O]CC(OCC)(OCC)OCC)[O]CC(OCC)(OCC)OCC)(OCC)OCC. The molecule has 0 spiro atoms. The van der Waals surface area contributed by atoms with Crippen molar-refractivity contribution in [2.45, 2.75) is 80.2 Å². The standard InChI is InChI=1S/3C8H17O4.In/c3*1-4-10-8(7-9,11-5-2)12-6-3;/h3*4-7H2,1-3H3;/q3*-1;+3. The molecule has 0 bridgehead atoms. The van der Waals surface area contributed by atoms with Gasteiger partial charge in [-0.05, 0) is 0 Å². The maximum absolute atomic E-state index is 6.18. The van der Waals surface area contributed by atoms with Crippen molar-refractivity contribution in [3.8, 4) is 0 Å². The normalized spacial score (nSPS) is 12.9. The molecule has 222 valence electrons. The summed E-state index contributed by atoms with van der Waals surface area (Å²) in [4.78, 5) is 0. The van der Waals surface area contributed by atoms with Gasteiger partial charge in [0.2, 0.25) is 0 Å². The summed E-state index contributed by atoms with van der Waals surface area (Å²) in [7, 11) is 0. The van der Waals surface area contributed by atoms with Gasteiger partial charge in [0.25, 0.3) is 0 Å². The van der Waals surface area contributed by atoms with Crippen LogP contribution in [-0.2, 0) is 51.2 Å². The van der Waals surface area contributed by atoms with Crippen LogP contribution in [0.5, 0.6) is 0 Å². The Bertz CT molecular complexity index is 406. The van der Waals surface area contributed by atoms with E-state index in [1.165, 1.54) is 0 Å². The molecule has 0 N–H and O–H groups in total. The zero-order valence-corrected chi connectivity index (χ0v) is 27.8. The first-order chi connectivity index (χ1) is 17.8. The van der Waals surface area contributed by atoms with E-state index in [0.29, 0.717) is 59.5 Å². The number of hydrogen-bond acceptors (Lipinski definition) is 12. The number of ether oxygens (including phenoxy) is 9. The van der Waals surface area contributed by atoms with Gasteiger partial charge < -0.3 is 0 Å². The van der Waals surface area contributed by atoms with E-state index in [0.717, 1.165) is 0 Å². The fourth-order valence-corrected chi connectivity index (χ4v) is 7.12. The van der Waals surface area contributed by atoms with Gasteiger partial charge in [0.1, 0.15) is 0 Å². The second-order valence-corrected chi connectivity index (χ2v) is 11.7. The Morgan fingerprint density at radius 3 is 0.622 bits per heavy atom. The van der Waals surface area contributed by atoms with E-state index >= 15 is 0 Å². The summed E-state index contributed by atoms with van der Waals surface area (Å²) in [6.07, 6.45) is 0. The third-order valence-electron chi connectivity index (χ3n) is 4.47. The van der Waals surface area contributed by atoms with Crippen LogP contribution in [0.4, 0.5) is 0 Å². The van der Waals surface area contributed by atoms with E-state index in [4.69, 9.17) is 51.2 Å². The molecule has 0 rings (SSSR count). The second kappa shape index (κ2) is 22.1. The predicted octanol–water partition coefficient (Wildman–Crippen LogP) is 3.31. The van der Waals surface area contributed by atoms with Crippen molar-refractivity contribution in [2.24, 2.45) is 0 Å². The van der Waals surface area contributed by atoms with Gasteiger partial charge in [-0.2, -0.15) is 0 Å². The Labute approximate surface area is 233 Å². The van der Waals surface area contributed by atoms with Crippen LogP contribution in [0.25, 0.3) is 0 Å². The molecule has 0 aliphatic rings. The molecular weight excluding hydrogens is 595 g/mol. The molecule has 0 heterocycles. The summed E-state index contributed by atoms with van der Waals surface area (Å²) in [5.41, 5.74) is 0. The van der Waals surface area contributed by atoms with E-state index < -0.39 is 40.7 Å². The van der Waals surface area contributed by atoms with Crippen LogP contribution >= 0.6 is 0 Å². The molecular formula is C24H51InO12. The molecule has 37 heavy (non-hydrogen) atoms. The Hall–Kier alpha value is 0.390. The molecule has 0 unspecified atom stereocenters. The topological polar surface area (TPSA) is 111 Å². The molecule has 0 aliphatic heterocycles. The van der Waals surface area contributed by atoms with Crippen LogP contribution in [0.2, 0.25) is 0 Å². The van der Waals surface area contributed by atoms with Gasteiger partial charge >= 0.3 is 233 Å². The number of rotatable bonds is 27. The third kappa shape index (κ3) is 14.5. The van der Waals surface area contributed by atoms with Gasteiger partial charge in [-0.15, -0.1) is 0 Å². The molecule has 0 saturated carbocycles. The Morgan fingerprint density at radius 2 is 0.486 bits per heavy atom. The van der Waals surface area contributed by atoms with Crippen molar-refractivity contribution >= 4 is 22.7 Å². The van der Waals surface area contributed by atoms with E-state index in [9.17, 15) is 0 Å². The van der Waals surface area contributed by atoms with Crippen LogP contribution in [0.1, 0.15) is 62.3 Å². The monoisotopic (exact) mass is 646 g/mol. The fourth-order valence-electron chi connectivity index (χ4n) is 3.38. The summed E-state index contributed by atoms with van der Waals surface area (Å²) in [5, 5.41) is 0. The van der Waals surface area contributed by atoms with Crippen molar-refractivity contribution in [1.82, 2.24) is 0 Å². The van der Waals surface area contributed by atoms with E-state index in [1.807, 2.05) is 62.3 Å².